The van der Waals surface area contributed by atoms with Crippen molar-refractivity contribution in [3.05, 3.63) is 35.4 Å². The third-order valence-corrected chi connectivity index (χ3v) is 3.81. The molecule has 1 amide bonds. The summed E-state index contributed by atoms with van der Waals surface area (Å²) in [5.41, 5.74) is -0.298. The summed E-state index contributed by atoms with van der Waals surface area (Å²) in [5.74, 6) is -3.05. The largest absolute Gasteiger partial charge is 0.467 e. The molecule has 6 heteroatoms. The van der Waals surface area contributed by atoms with E-state index in [1.165, 1.54) is 13.5 Å². The number of methoxy groups -OCH3 is 1. The van der Waals surface area contributed by atoms with Crippen LogP contribution in [0.1, 0.15) is 62.2 Å². The number of carbonyl (C=O) groups excluding carboxylic acids is 2. The number of benzene rings is 1. The normalized spacial score (nSPS) is 11.8. The quantitative estimate of drug-likeness (QED) is 0.517. The Morgan fingerprint density at radius 3 is 2.42 bits per heavy atom. The van der Waals surface area contributed by atoms with Gasteiger partial charge in [0.15, 0.2) is 0 Å². The van der Waals surface area contributed by atoms with Gasteiger partial charge in [0, 0.05) is 6.07 Å². The van der Waals surface area contributed by atoms with E-state index < -0.39 is 29.6 Å². The standard InChI is InChI=1S/C18H25F2NO3/c1-3-4-5-6-7-8-9-16(18(23)24-2)21-17(22)14-11-10-13(19)12-15(14)20/h10-12,16H,3-9H2,1-2H3,(H,21,22)/t16-/m0/s1. The van der Waals surface area contributed by atoms with Crippen LogP contribution in [0.3, 0.4) is 0 Å². The number of carbonyl (C=O) groups is 2. The Morgan fingerprint density at radius 2 is 1.79 bits per heavy atom. The molecule has 0 radical (unpaired) electrons. The van der Waals surface area contributed by atoms with Gasteiger partial charge in [-0.25, -0.2) is 13.6 Å². The van der Waals surface area contributed by atoms with E-state index in [2.05, 4.69) is 17.0 Å². The Bertz CT molecular complexity index is 549. The lowest BCUT2D eigenvalue weighted by atomic mass is 10.0. The van der Waals surface area contributed by atoms with Gasteiger partial charge < -0.3 is 10.1 Å². The molecular weight excluding hydrogens is 316 g/mol. The van der Waals surface area contributed by atoms with Gasteiger partial charge in [-0.1, -0.05) is 45.4 Å². The van der Waals surface area contributed by atoms with Crippen molar-refractivity contribution in [3.8, 4) is 0 Å². The molecule has 0 fully saturated rings. The zero-order chi connectivity index (χ0) is 17.9. The lowest BCUT2D eigenvalue weighted by molar-refractivity contribution is -0.143. The highest BCUT2D eigenvalue weighted by atomic mass is 19.1. The summed E-state index contributed by atoms with van der Waals surface area (Å²) in [6.45, 7) is 2.14. The number of hydrogen-bond donors (Lipinski definition) is 1. The van der Waals surface area contributed by atoms with Crippen LogP contribution in [0.5, 0.6) is 0 Å². The molecule has 0 aromatic heterocycles. The number of amides is 1. The van der Waals surface area contributed by atoms with Gasteiger partial charge in [-0.15, -0.1) is 0 Å². The first-order valence-electron chi connectivity index (χ1n) is 8.33. The summed E-state index contributed by atoms with van der Waals surface area (Å²) in [6.07, 6.45) is 6.69. The number of ether oxygens (including phenoxy) is 1. The van der Waals surface area contributed by atoms with Crippen LogP contribution in [0, 0.1) is 11.6 Å². The molecule has 0 aliphatic rings. The van der Waals surface area contributed by atoms with E-state index in [0.717, 1.165) is 44.2 Å². The SMILES string of the molecule is CCCCCCCC[C@H](NC(=O)c1ccc(F)cc1F)C(=O)OC. The number of unbranched alkanes of at least 4 members (excludes halogenated alkanes) is 5. The van der Waals surface area contributed by atoms with Gasteiger partial charge >= 0.3 is 5.97 Å². The van der Waals surface area contributed by atoms with Crippen molar-refractivity contribution < 1.29 is 23.1 Å². The van der Waals surface area contributed by atoms with Crippen LogP contribution in [-0.2, 0) is 9.53 Å². The molecule has 24 heavy (non-hydrogen) atoms. The van der Waals surface area contributed by atoms with E-state index in [4.69, 9.17) is 0 Å². The highest BCUT2D eigenvalue weighted by molar-refractivity contribution is 5.96. The lowest BCUT2D eigenvalue weighted by Gasteiger charge is -2.16. The van der Waals surface area contributed by atoms with Crippen molar-refractivity contribution in [2.24, 2.45) is 0 Å². The molecule has 134 valence electrons. The number of hydrogen-bond acceptors (Lipinski definition) is 3. The molecule has 0 saturated heterocycles. The van der Waals surface area contributed by atoms with Crippen molar-refractivity contribution in [2.75, 3.05) is 7.11 Å². The minimum atomic E-state index is -0.962. The van der Waals surface area contributed by atoms with Crippen LogP contribution >= 0.6 is 0 Å². The number of nitrogens with one attached hydrogen (secondary N) is 1. The monoisotopic (exact) mass is 341 g/mol. The first kappa shape index (κ1) is 20.1. The Kier molecular flexibility index (Phi) is 8.97. The molecule has 1 aromatic rings. The predicted octanol–water partition coefficient (Wildman–Crippen LogP) is 3.99. The van der Waals surface area contributed by atoms with E-state index in [0.29, 0.717) is 12.5 Å². The second-order valence-corrected chi connectivity index (χ2v) is 5.73. The molecule has 0 heterocycles. The second-order valence-electron chi connectivity index (χ2n) is 5.73. The lowest BCUT2D eigenvalue weighted by Crippen LogP contribution is -2.41. The molecule has 0 saturated carbocycles. The van der Waals surface area contributed by atoms with Crippen LogP contribution in [0.15, 0.2) is 18.2 Å². The fourth-order valence-corrected chi connectivity index (χ4v) is 2.43. The first-order chi connectivity index (χ1) is 11.5. The van der Waals surface area contributed by atoms with Crippen molar-refractivity contribution >= 4 is 11.9 Å². The number of halogens is 2. The van der Waals surface area contributed by atoms with Gasteiger partial charge in [0.1, 0.15) is 17.7 Å². The average Bonchev–Trinajstić information content (AvgIpc) is 2.55. The van der Waals surface area contributed by atoms with Gasteiger partial charge in [0.25, 0.3) is 5.91 Å². The average molecular weight is 341 g/mol. The molecule has 1 rings (SSSR count). The third-order valence-electron chi connectivity index (χ3n) is 3.81. The van der Waals surface area contributed by atoms with Gasteiger partial charge in [-0.3, -0.25) is 4.79 Å². The topological polar surface area (TPSA) is 55.4 Å². The number of esters is 1. The smallest absolute Gasteiger partial charge is 0.328 e. The maximum Gasteiger partial charge on any atom is 0.328 e. The molecule has 1 N–H and O–H groups in total. The first-order valence-corrected chi connectivity index (χ1v) is 8.33. The van der Waals surface area contributed by atoms with E-state index in [1.807, 2.05) is 0 Å². The van der Waals surface area contributed by atoms with Crippen LogP contribution in [-0.4, -0.2) is 25.0 Å². The van der Waals surface area contributed by atoms with Crippen LogP contribution < -0.4 is 5.32 Å². The van der Waals surface area contributed by atoms with Gasteiger partial charge in [-0.2, -0.15) is 0 Å². The maximum atomic E-state index is 13.6. The van der Waals surface area contributed by atoms with E-state index in [-0.39, 0.29) is 5.56 Å². The summed E-state index contributed by atoms with van der Waals surface area (Å²) in [5, 5.41) is 2.47. The van der Waals surface area contributed by atoms with E-state index in [9.17, 15) is 18.4 Å². The van der Waals surface area contributed by atoms with Crippen molar-refractivity contribution in [3.63, 3.8) is 0 Å². The minimum Gasteiger partial charge on any atom is -0.467 e. The van der Waals surface area contributed by atoms with Gasteiger partial charge in [0.2, 0.25) is 0 Å². The number of rotatable bonds is 10. The zero-order valence-electron chi connectivity index (χ0n) is 14.2. The van der Waals surface area contributed by atoms with E-state index in [1.54, 1.807) is 0 Å². The Balaban J connectivity index is 2.58. The van der Waals surface area contributed by atoms with Crippen molar-refractivity contribution in [1.29, 1.82) is 0 Å². The van der Waals surface area contributed by atoms with Crippen LogP contribution in [0.4, 0.5) is 8.78 Å². The molecule has 0 aliphatic heterocycles. The third kappa shape index (κ3) is 6.64. The molecule has 0 spiro atoms. The minimum absolute atomic E-state index is 0.298. The van der Waals surface area contributed by atoms with E-state index >= 15 is 0 Å². The molecule has 0 bridgehead atoms. The molecule has 0 unspecified atom stereocenters. The van der Waals surface area contributed by atoms with Crippen molar-refractivity contribution in [1.82, 2.24) is 5.32 Å². The molecule has 4 nitrogen and oxygen atoms in total. The highest BCUT2D eigenvalue weighted by Crippen LogP contribution is 2.12. The molecule has 1 aromatic carbocycles. The van der Waals surface area contributed by atoms with Gasteiger partial charge in [0.05, 0.1) is 12.7 Å². The Hall–Kier alpha value is -1.98. The van der Waals surface area contributed by atoms with Crippen molar-refractivity contribution in [2.45, 2.75) is 57.9 Å². The maximum absolute atomic E-state index is 13.6. The zero-order valence-corrected chi connectivity index (χ0v) is 14.2. The van der Waals surface area contributed by atoms with Crippen LogP contribution in [0.25, 0.3) is 0 Å². The fraction of sp³-hybridized carbons (Fsp3) is 0.556. The summed E-state index contributed by atoms with van der Waals surface area (Å²) < 4.78 is 31.2. The predicted molar refractivity (Wildman–Crippen MR) is 87.6 cm³/mol. The second kappa shape index (κ2) is 10.7. The van der Waals surface area contributed by atoms with Crippen LogP contribution in [0.2, 0.25) is 0 Å². The summed E-state index contributed by atoms with van der Waals surface area (Å²) >= 11 is 0. The summed E-state index contributed by atoms with van der Waals surface area (Å²) in [4.78, 5) is 23.9. The highest BCUT2D eigenvalue weighted by Gasteiger charge is 2.23. The summed E-state index contributed by atoms with van der Waals surface area (Å²) in [7, 11) is 1.24. The molecule has 0 aliphatic carbocycles. The molecule has 1 atom stereocenters. The van der Waals surface area contributed by atoms with Gasteiger partial charge in [-0.05, 0) is 18.6 Å². The fourth-order valence-electron chi connectivity index (χ4n) is 2.43. The molecular formula is C18H25F2NO3. The Morgan fingerprint density at radius 1 is 1.12 bits per heavy atom. The Labute approximate surface area is 141 Å². The summed E-state index contributed by atoms with van der Waals surface area (Å²) in [6, 6.07) is 1.85.